The molecule has 3 nitrogen and oxygen atoms in total. The van der Waals surface area contributed by atoms with Crippen molar-refractivity contribution in [2.24, 2.45) is 7.05 Å². The van der Waals surface area contributed by atoms with Gasteiger partial charge in [0.1, 0.15) is 0 Å². The molecule has 17 heavy (non-hydrogen) atoms. The molecule has 0 saturated carbocycles. The summed E-state index contributed by atoms with van der Waals surface area (Å²) in [4.78, 5) is 1.33. The second kappa shape index (κ2) is 6.47. The van der Waals surface area contributed by atoms with Crippen LogP contribution in [0.5, 0.6) is 0 Å². The summed E-state index contributed by atoms with van der Waals surface area (Å²) in [5, 5.41) is 7.55. The normalized spacial score (nSPS) is 10.6. The number of nitrogens with zero attached hydrogens (tertiary/aromatic N) is 2. The molecule has 2 aromatic rings. The van der Waals surface area contributed by atoms with Gasteiger partial charge in [-0.3, -0.25) is 4.68 Å². The molecule has 0 radical (unpaired) electrons. The van der Waals surface area contributed by atoms with E-state index in [1.54, 1.807) is 0 Å². The second-order valence-electron chi connectivity index (χ2n) is 3.86. The highest BCUT2D eigenvalue weighted by atomic mass is 32.2. The molecule has 0 bridgehead atoms. The van der Waals surface area contributed by atoms with Gasteiger partial charge in [0.2, 0.25) is 0 Å². The molecule has 0 atom stereocenters. The Hall–Kier alpha value is -1.26. The van der Waals surface area contributed by atoms with Gasteiger partial charge in [0.15, 0.2) is 0 Å². The third-order valence-corrected chi connectivity index (χ3v) is 3.39. The molecule has 1 heterocycles. The molecule has 0 saturated heterocycles. The number of rotatable bonds is 6. The second-order valence-corrected chi connectivity index (χ2v) is 5.03. The van der Waals surface area contributed by atoms with Crippen molar-refractivity contribution in [3.63, 3.8) is 0 Å². The van der Waals surface area contributed by atoms with E-state index in [0.717, 1.165) is 18.8 Å². The summed E-state index contributed by atoms with van der Waals surface area (Å²) >= 11 is 1.88. The van der Waals surface area contributed by atoms with Crippen molar-refractivity contribution in [2.45, 2.75) is 11.4 Å². The van der Waals surface area contributed by atoms with Crippen LogP contribution in [0, 0.1) is 0 Å². The van der Waals surface area contributed by atoms with Crippen molar-refractivity contribution in [3.8, 4) is 0 Å². The summed E-state index contributed by atoms with van der Waals surface area (Å²) in [6.45, 7) is 1.90. The fraction of sp³-hybridized carbons (Fsp3) is 0.308. The first-order valence-corrected chi connectivity index (χ1v) is 6.69. The SMILES string of the molecule is Cn1cc(CNCCSc2ccccc2)cn1. The van der Waals surface area contributed by atoms with E-state index in [2.05, 4.69) is 34.7 Å². The van der Waals surface area contributed by atoms with Crippen LogP contribution < -0.4 is 5.32 Å². The zero-order valence-corrected chi connectivity index (χ0v) is 10.8. The molecule has 1 aromatic carbocycles. The van der Waals surface area contributed by atoms with Gasteiger partial charge < -0.3 is 5.32 Å². The minimum Gasteiger partial charge on any atom is -0.312 e. The summed E-state index contributed by atoms with van der Waals surface area (Å²) in [6.07, 6.45) is 3.94. The van der Waals surface area contributed by atoms with Crippen molar-refractivity contribution in [1.82, 2.24) is 15.1 Å². The summed E-state index contributed by atoms with van der Waals surface area (Å²) in [7, 11) is 1.94. The lowest BCUT2D eigenvalue weighted by Gasteiger charge is -2.03. The third-order valence-electron chi connectivity index (χ3n) is 2.38. The minimum absolute atomic E-state index is 0.892. The molecule has 0 aliphatic rings. The molecule has 0 amide bonds. The van der Waals surface area contributed by atoms with Crippen molar-refractivity contribution < 1.29 is 0 Å². The number of benzene rings is 1. The topological polar surface area (TPSA) is 29.9 Å². The molecular formula is C13H17N3S. The van der Waals surface area contributed by atoms with E-state index in [9.17, 15) is 0 Å². The first-order chi connectivity index (χ1) is 8.34. The van der Waals surface area contributed by atoms with Gasteiger partial charge in [0, 0.05) is 42.5 Å². The predicted molar refractivity (Wildman–Crippen MR) is 72.1 cm³/mol. The summed E-state index contributed by atoms with van der Waals surface area (Å²) in [6, 6.07) is 10.5. The maximum atomic E-state index is 4.13. The van der Waals surface area contributed by atoms with Crippen molar-refractivity contribution in [3.05, 3.63) is 48.3 Å². The molecule has 0 aliphatic heterocycles. The van der Waals surface area contributed by atoms with Gasteiger partial charge in [0.25, 0.3) is 0 Å². The Kier molecular flexibility index (Phi) is 4.64. The summed E-state index contributed by atoms with van der Waals surface area (Å²) in [5.41, 5.74) is 1.23. The quantitative estimate of drug-likeness (QED) is 0.627. The van der Waals surface area contributed by atoms with Crippen molar-refractivity contribution >= 4 is 11.8 Å². The lowest BCUT2D eigenvalue weighted by Crippen LogP contribution is -2.16. The summed E-state index contributed by atoms with van der Waals surface area (Å²) < 4.78 is 1.83. The molecule has 0 aliphatic carbocycles. The molecule has 0 unspecified atom stereocenters. The number of aromatic nitrogens is 2. The monoisotopic (exact) mass is 247 g/mol. The molecule has 0 fully saturated rings. The number of aryl methyl sites for hydroxylation is 1. The van der Waals surface area contributed by atoms with Gasteiger partial charge in [-0.1, -0.05) is 18.2 Å². The van der Waals surface area contributed by atoms with Crippen molar-refractivity contribution in [1.29, 1.82) is 0 Å². The van der Waals surface area contributed by atoms with E-state index >= 15 is 0 Å². The van der Waals surface area contributed by atoms with Gasteiger partial charge in [0.05, 0.1) is 6.20 Å². The fourth-order valence-electron chi connectivity index (χ4n) is 1.55. The van der Waals surface area contributed by atoms with Gasteiger partial charge in [-0.15, -0.1) is 11.8 Å². The highest BCUT2D eigenvalue weighted by Gasteiger charge is 1.96. The van der Waals surface area contributed by atoms with Crippen LogP contribution in [-0.2, 0) is 13.6 Å². The van der Waals surface area contributed by atoms with Crippen LogP contribution in [-0.4, -0.2) is 22.1 Å². The molecule has 2 rings (SSSR count). The van der Waals surface area contributed by atoms with E-state index < -0.39 is 0 Å². The summed E-state index contributed by atoms with van der Waals surface area (Å²) in [5.74, 6) is 1.09. The molecule has 4 heteroatoms. The maximum Gasteiger partial charge on any atom is 0.0534 e. The maximum absolute atomic E-state index is 4.13. The largest absolute Gasteiger partial charge is 0.312 e. The highest BCUT2D eigenvalue weighted by Crippen LogP contribution is 2.15. The first kappa shape index (κ1) is 12.2. The number of hydrogen-bond donors (Lipinski definition) is 1. The van der Waals surface area contributed by atoms with Crippen LogP contribution in [0.25, 0.3) is 0 Å². The fourth-order valence-corrected chi connectivity index (χ4v) is 2.39. The van der Waals surface area contributed by atoms with Crippen LogP contribution in [0.3, 0.4) is 0 Å². The highest BCUT2D eigenvalue weighted by molar-refractivity contribution is 7.99. The number of nitrogens with one attached hydrogen (secondary N) is 1. The van der Waals surface area contributed by atoms with Crippen LogP contribution in [0.2, 0.25) is 0 Å². The zero-order valence-electron chi connectivity index (χ0n) is 9.97. The standard InChI is InChI=1S/C13H17N3S/c1-16-11-12(10-15-16)9-14-7-8-17-13-5-3-2-4-6-13/h2-6,10-11,14H,7-9H2,1H3. The van der Waals surface area contributed by atoms with Crippen LogP contribution in [0.4, 0.5) is 0 Å². The van der Waals surface area contributed by atoms with Crippen LogP contribution in [0.1, 0.15) is 5.56 Å². The van der Waals surface area contributed by atoms with Crippen molar-refractivity contribution in [2.75, 3.05) is 12.3 Å². The van der Waals surface area contributed by atoms with E-state index in [-0.39, 0.29) is 0 Å². The molecule has 1 N–H and O–H groups in total. The Morgan fingerprint density at radius 2 is 2.12 bits per heavy atom. The lowest BCUT2D eigenvalue weighted by molar-refractivity contribution is 0.728. The Bertz CT molecular complexity index is 439. The van der Waals surface area contributed by atoms with E-state index in [4.69, 9.17) is 0 Å². The average molecular weight is 247 g/mol. The Balaban J connectivity index is 1.61. The predicted octanol–water partition coefficient (Wildman–Crippen LogP) is 2.30. The Morgan fingerprint density at radius 3 is 2.82 bits per heavy atom. The molecule has 0 spiro atoms. The van der Waals surface area contributed by atoms with E-state index in [1.165, 1.54) is 10.5 Å². The van der Waals surface area contributed by atoms with Crippen LogP contribution >= 0.6 is 11.8 Å². The van der Waals surface area contributed by atoms with Gasteiger partial charge in [-0.2, -0.15) is 5.10 Å². The smallest absolute Gasteiger partial charge is 0.0534 e. The minimum atomic E-state index is 0.892. The Labute approximate surface area is 106 Å². The van der Waals surface area contributed by atoms with E-state index in [0.29, 0.717) is 0 Å². The van der Waals surface area contributed by atoms with E-state index in [1.807, 2.05) is 42.0 Å². The number of hydrogen-bond acceptors (Lipinski definition) is 3. The lowest BCUT2D eigenvalue weighted by atomic mass is 10.3. The first-order valence-electron chi connectivity index (χ1n) is 5.71. The number of thioether (sulfide) groups is 1. The zero-order chi connectivity index (χ0) is 11.9. The van der Waals surface area contributed by atoms with Crippen LogP contribution in [0.15, 0.2) is 47.6 Å². The molecule has 90 valence electrons. The van der Waals surface area contributed by atoms with Gasteiger partial charge in [-0.05, 0) is 12.1 Å². The van der Waals surface area contributed by atoms with Gasteiger partial charge >= 0.3 is 0 Å². The third kappa shape index (κ3) is 4.24. The molecular weight excluding hydrogens is 230 g/mol. The average Bonchev–Trinajstić information content (AvgIpc) is 2.76. The molecule has 1 aromatic heterocycles. The van der Waals surface area contributed by atoms with Gasteiger partial charge in [-0.25, -0.2) is 0 Å². The Morgan fingerprint density at radius 1 is 1.29 bits per heavy atom.